The number of β-amino-alcohol motifs (C(OH)–C–C–N with tert-alkyl or cyclic N) is 1. The van der Waals surface area contributed by atoms with Gasteiger partial charge in [-0.15, -0.1) is 0 Å². The minimum atomic E-state index is -4.53. The van der Waals surface area contributed by atoms with Crippen molar-refractivity contribution < 1.29 is 37.3 Å². The van der Waals surface area contributed by atoms with Gasteiger partial charge in [-0.2, -0.15) is 13.2 Å². The van der Waals surface area contributed by atoms with E-state index in [-0.39, 0.29) is 42.4 Å². The predicted molar refractivity (Wildman–Crippen MR) is 89.1 cm³/mol. The zero-order valence-electron chi connectivity index (χ0n) is 14.7. The minimum Gasteiger partial charge on any atom is -0.482 e. The van der Waals surface area contributed by atoms with Crippen molar-refractivity contribution in [1.82, 2.24) is 4.90 Å². The number of nitrogens with zero attached hydrogens (tertiary/aromatic N) is 1. The van der Waals surface area contributed by atoms with E-state index < -0.39 is 24.7 Å². The lowest BCUT2D eigenvalue weighted by Gasteiger charge is -2.17. The van der Waals surface area contributed by atoms with E-state index in [1.165, 1.54) is 17.0 Å². The number of methoxy groups -OCH3 is 1. The molecule has 1 aromatic rings. The number of rotatable bonds is 7. The van der Waals surface area contributed by atoms with Crippen molar-refractivity contribution in [3.63, 3.8) is 0 Å². The number of nitrogens with one attached hydrogen (secondary N) is 1. The molecule has 0 bridgehead atoms. The highest BCUT2D eigenvalue weighted by molar-refractivity contribution is 6.08. The Labute approximate surface area is 153 Å². The zero-order chi connectivity index (χ0) is 20.2. The van der Waals surface area contributed by atoms with Gasteiger partial charge in [0.2, 0.25) is 0 Å². The monoisotopic (exact) mass is 388 g/mol. The van der Waals surface area contributed by atoms with Crippen LogP contribution in [0.3, 0.4) is 0 Å². The van der Waals surface area contributed by atoms with Crippen LogP contribution in [0.15, 0.2) is 29.5 Å². The lowest BCUT2D eigenvalue weighted by atomic mass is 10.2. The Hall–Kier alpha value is -2.75. The van der Waals surface area contributed by atoms with Crippen LogP contribution in [0.25, 0.3) is 0 Å². The fraction of sp³-hybridized carbons (Fsp3) is 0.412. The van der Waals surface area contributed by atoms with E-state index in [1.54, 1.807) is 13.0 Å². The standard InChI is InChI=1S/C17H19F3N2O5/c1-10-3-4-12(13(7-10)27-9-17(18,19)20)21-14-11(16(25)26-2)8-22(5-6-23)15(14)24/h3-4,7,21,23H,5-6,8-9H2,1-2H3. The third-order valence-corrected chi connectivity index (χ3v) is 3.74. The first-order valence-corrected chi connectivity index (χ1v) is 7.95. The number of esters is 1. The first-order valence-electron chi connectivity index (χ1n) is 7.95. The number of aliphatic hydroxyl groups excluding tert-OH is 1. The molecule has 2 N–H and O–H groups in total. The van der Waals surface area contributed by atoms with Crippen molar-refractivity contribution in [3.8, 4) is 5.75 Å². The van der Waals surface area contributed by atoms with E-state index in [0.29, 0.717) is 5.56 Å². The summed E-state index contributed by atoms with van der Waals surface area (Å²) in [5, 5.41) is 11.7. The number of anilines is 1. The Kier molecular flexibility index (Phi) is 6.32. The van der Waals surface area contributed by atoms with Crippen LogP contribution in [0.5, 0.6) is 5.75 Å². The average molecular weight is 388 g/mol. The first-order chi connectivity index (χ1) is 12.7. The summed E-state index contributed by atoms with van der Waals surface area (Å²) in [6, 6.07) is 4.45. The van der Waals surface area contributed by atoms with Crippen LogP contribution >= 0.6 is 0 Å². The van der Waals surface area contributed by atoms with Crippen molar-refractivity contribution in [1.29, 1.82) is 0 Å². The lowest BCUT2D eigenvalue weighted by Crippen LogP contribution is -2.31. The molecule has 0 spiro atoms. The fourth-order valence-corrected chi connectivity index (χ4v) is 2.50. The molecule has 1 amide bonds. The maximum atomic E-state index is 12.5. The van der Waals surface area contributed by atoms with E-state index in [1.807, 2.05) is 0 Å². The summed E-state index contributed by atoms with van der Waals surface area (Å²) in [7, 11) is 1.15. The number of halogens is 3. The molecular weight excluding hydrogens is 369 g/mol. The Morgan fingerprint density at radius 2 is 2.07 bits per heavy atom. The van der Waals surface area contributed by atoms with Crippen LogP contribution in [-0.4, -0.2) is 61.5 Å². The summed E-state index contributed by atoms with van der Waals surface area (Å²) >= 11 is 0. The number of carbonyl (C=O) groups excluding carboxylic acids is 2. The van der Waals surface area contributed by atoms with Crippen LogP contribution in [0, 0.1) is 6.92 Å². The summed E-state index contributed by atoms with van der Waals surface area (Å²) < 4.78 is 47.0. The minimum absolute atomic E-state index is 0.00413. The Morgan fingerprint density at radius 3 is 2.67 bits per heavy atom. The first kappa shape index (κ1) is 20.6. The second kappa shape index (κ2) is 8.30. The molecule has 0 unspecified atom stereocenters. The molecule has 0 saturated heterocycles. The molecule has 0 aliphatic carbocycles. The molecule has 1 aliphatic rings. The van der Waals surface area contributed by atoms with Gasteiger partial charge in [-0.05, 0) is 24.6 Å². The third kappa shape index (κ3) is 5.13. The van der Waals surface area contributed by atoms with E-state index in [2.05, 4.69) is 10.1 Å². The third-order valence-electron chi connectivity index (χ3n) is 3.74. The smallest absolute Gasteiger partial charge is 0.422 e. The van der Waals surface area contributed by atoms with Gasteiger partial charge in [0.1, 0.15) is 11.4 Å². The van der Waals surface area contributed by atoms with E-state index in [4.69, 9.17) is 9.84 Å². The maximum Gasteiger partial charge on any atom is 0.422 e. The van der Waals surface area contributed by atoms with Crippen LogP contribution in [-0.2, 0) is 14.3 Å². The van der Waals surface area contributed by atoms with Gasteiger partial charge in [-0.3, -0.25) is 4.79 Å². The molecule has 27 heavy (non-hydrogen) atoms. The largest absolute Gasteiger partial charge is 0.482 e. The van der Waals surface area contributed by atoms with Crippen LogP contribution in [0.1, 0.15) is 5.56 Å². The number of benzene rings is 1. The van der Waals surface area contributed by atoms with Gasteiger partial charge in [0, 0.05) is 6.54 Å². The zero-order valence-corrected chi connectivity index (χ0v) is 14.7. The van der Waals surface area contributed by atoms with Gasteiger partial charge in [0.05, 0.1) is 31.5 Å². The summed E-state index contributed by atoms with van der Waals surface area (Å²) in [5.41, 5.74) is 0.634. The van der Waals surface area contributed by atoms with Crippen LogP contribution < -0.4 is 10.1 Å². The lowest BCUT2D eigenvalue weighted by molar-refractivity contribution is -0.153. The molecule has 10 heteroatoms. The number of aryl methyl sites for hydroxylation is 1. The predicted octanol–water partition coefficient (Wildman–Crippen LogP) is 1.61. The molecule has 1 aromatic carbocycles. The Balaban J connectivity index is 2.35. The van der Waals surface area contributed by atoms with Gasteiger partial charge in [-0.1, -0.05) is 6.07 Å². The number of hydrogen-bond acceptors (Lipinski definition) is 6. The van der Waals surface area contributed by atoms with Crippen molar-refractivity contribution in [3.05, 3.63) is 35.0 Å². The normalized spacial score (nSPS) is 14.6. The highest BCUT2D eigenvalue weighted by Gasteiger charge is 2.35. The van der Waals surface area contributed by atoms with E-state index in [0.717, 1.165) is 7.11 Å². The van der Waals surface area contributed by atoms with E-state index in [9.17, 15) is 22.8 Å². The van der Waals surface area contributed by atoms with Crippen LogP contribution in [0.2, 0.25) is 0 Å². The molecule has 0 fully saturated rings. The summed E-state index contributed by atoms with van der Waals surface area (Å²) in [6.45, 7) is -0.224. The van der Waals surface area contributed by atoms with Crippen molar-refractivity contribution >= 4 is 17.6 Å². The number of alkyl halides is 3. The quantitative estimate of drug-likeness (QED) is 0.690. The number of ether oxygens (including phenoxy) is 2. The molecule has 0 saturated carbocycles. The molecule has 0 aromatic heterocycles. The fourth-order valence-electron chi connectivity index (χ4n) is 2.50. The van der Waals surface area contributed by atoms with E-state index >= 15 is 0 Å². The molecule has 0 radical (unpaired) electrons. The summed E-state index contributed by atoms with van der Waals surface area (Å²) in [5.74, 6) is -1.44. The molecule has 0 atom stereocenters. The number of carbonyl (C=O) groups is 2. The second-order valence-electron chi connectivity index (χ2n) is 5.82. The van der Waals surface area contributed by atoms with Crippen molar-refractivity contribution in [2.75, 3.05) is 38.7 Å². The van der Waals surface area contributed by atoms with Gasteiger partial charge in [0.25, 0.3) is 5.91 Å². The number of aliphatic hydroxyl groups is 1. The Morgan fingerprint density at radius 1 is 1.37 bits per heavy atom. The molecule has 7 nitrogen and oxygen atoms in total. The molecule has 2 rings (SSSR count). The van der Waals surface area contributed by atoms with Gasteiger partial charge in [-0.25, -0.2) is 4.79 Å². The van der Waals surface area contributed by atoms with Gasteiger partial charge >= 0.3 is 12.1 Å². The number of hydrogen-bond donors (Lipinski definition) is 2. The SMILES string of the molecule is COC(=O)C1=C(Nc2ccc(C)cc2OCC(F)(F)F)C(=O)N(CCO)C1. The highest BCUT2D eigenvalue weighted by Crippen LogP contribution is 2.31. The molecule has 1 aliphatic heterocycles. The topological polar surface area (TPSA) is 88.1 Å². The summed E-state index contributed by atoms with van der Waals surface area (Å²) in [4.78, 5) is 25.7. The second-order valence-corrected chi connectivity index (χ2v) is 5.82. The van der Waals surface area contributed by atoms with Crippen molar-refractivity contribution in [2.45, 2.75) is 13.1 Å². The van der Waals surface area contributed by atoms with Crippen LogP contribution in [0.4, 0.5) is 18.9 Å². The highest BCUT2D eigenvalue weighted by atomic mass is 19.4. The maximum absolute atomic E-state index is 12.5. The molecule has 1 heterocycles. The molecule has 148 valence electrons. The summed E-state index contributed by atoms with van der Waals surface area (Å²) in [6.07, 6.45) is -4.53. The average Bonchev–Trinajstić information content (AvgIpc) is 2.90. The number of amides is 1. The Bertz CT molecular complexity index is 761. The van der Waals surface area contributed by atoms with Gasteiger partial charge < -0.3 is 24.8 Å². The van der Waals surface area contributed by atoms with Crippen molar-refractivity contribution in [2.24, 2.45) is 0 Å². The van der Waals surface area contributed by atoms with Gasteiger partial charge in [0.15, 0.2) is 6.61 Å². The molecular formula is C17H19F3N2O5.